The van der Waals surface area contributed by atoms with Crippen molar-refractivity contribution in [3.05, 3.63) is 36.7 Å². The van der Waals surface area contributed by atoms with Gasteiger partial charge in [-0.2, -0.15) is 0 Å². The molecular formula is C14H22N6. The number of nitrogens with zero attached hydrogens (tertiary/aromatic N) is 2. The number of pyridine rings is 2. The minimum Gasteiger partial charge on any atom is -0.384 e. The van der Waals surface area contributed by atoms with Crippen LogP contribution in [0, 0.1) is 0 Å². The molecule has 0 aliphatic heterocycles. The lowest BCUT2D eigenvalue weighted by molar-refractivity contribution is 1.19. The van der Waals surface area contributed by atoms with E-state index in [0.29, 0.717) is 11.6 Å². The molecule has 0 spiro atoms. The largest absolute Gasteiger partial charge is 0.384 e. The molecule has 0 aromatic carbocycles. The van der Waals surface area contributed by atoms with Crippen LogP contribution in [0.15, 0.2) is 36.7 Å². The highest BCUT2D eigenvalue weighted by Gasteiger charge is 1.88. The first-order chi connectivity index (χ1) is 9.65. The van der Waals surface area contributed by atoms with Crippen LogP contribution in [0.5, 0.6) is 0 Å². The van der Waals surface area contributed by atoms with Gasteiger partial charge in [-0.25, -0.2) is 9.97 Å². The van der Waals surface area contributed by atoms with Gasteiger partial charge in [0.2, 0.25) is 0 Å². The normalized spacial score (nSPS) is 9.30. The zero-order valence-corrected chi connectivity index (χ0v) is 11.9. The molecule has 0 unspecified atom stereocenters. The van der Waals surface area contributed by atoms with Crippen molar-refractivity contribution in [2.75, 3.05) is 35.2 Å². The van der Waals surface area contributed by atoms with E-state index in [-0.39, 0.29) is 0 Å². The Bertz CT molecular complexity index is 433. The number of hydrogen-bond donors (Lipinski definition) is 4. The molecule has 6 N–H and O–H groups in total. The van der Waals surface area contributed by atoms with Crippen molar-refractivity contribution in [3.63, 3.8) is 0 Å². The maximum atomic E-state index is 5.38. The second kappa shape index (κ2) is 8.58. The Morgan fingerprint density at radius 1 is 0.800 bits per heavy atom. The molecule has 0 saturated heterocycles. The Morgan fingerprint density at radius 2 is 1.20 bits per heavy atom. The van der Waals surface area contributed by atoms with Gasteiger partial charge in [0.05, 0.1) is 23.8 Å². The number of aromatic nitrogens is 2. The average Bonchev–Trinajstić information content (AvgIpc) is 2.45. The third kappa shape index (κ3) is 5.90. The minimum absolute atomic E-state index is 0.557. The van der Waals surface area contributed by atoms with Gasteiger partial charge in [0.15, 0.2) is 0 Å². The fourth-order valence-electron chi connectivity index (χ4n) is 1.43. The molecule has 108 valence electrons. The monoisotopic (exact) mass is 274 g/mol. The minimum atomic E-state index is 0.557. The molecular weight excluding hydrogens is 252 g/mol. The molecule has 6 heteroatoms. The summed E-state index contributed by atoms with van der Waals surface area (Å²) in [6, 6.07) is 7.37. The highest BCUT2D eigenvalue weighted by Crippen LogP contribution is 2.06. The van der Waals surface area contributed by atoms with E-state index in [1.807, 2.05) is 26.0 Å². The summed E-state index contributed by atoms with van der Waals surface area (Å²) in [7, 11) is 0. The predicted octanol–water partition coefficient (Wildman–Crippen LogP) is 2.19. The van der Waals surface area contributed by atoms with Crippen LogP contribution in [0.4, 0.5) is 23.0 Å². The van der Waals surface area contributed by atoms with Gasteiger partial charge in [0, 0.05) is 13.1 Å². The van der Waals surface area contributed by atoms with E-state index in [1.54, 1.807) is 24.5 Å². The van der Waals surface area contributed by atoms with Crippen LogP contribution in [0.3, 0.4) is 0 Å². The van der Waals surface area contributed by atoms with Crippen molar-refractivity contribution >= 4 is 23.0 Å². The topological polar surface area (TPSA) is 102 Å². The number of nitrogens with one attached hydrogen (secondary N) is 2. The van der Waals surface area contributed by atoms with Gasteiger partial charge in [-0.15, -0.1) is 0 Å². The molecule has 0 radical (unpaired) electrons. The molecule has 0 bridgehead atoms. The summed E-state index contributed by atoms with van der Waals surface area (Å²) >= 11 is 0. The summed E-state index contributed by atoms with van der Waals surface area (Å²) < 4.78 is 0. The lowest BCUT2D eigenvalue weighted by Gasteiger charge is -2.00. The summed E-state index contributed by atoms with van der Waals surface area (Å²) in [5, 5.41) is 6.23. The molecule has 0 aliphatic carbocycles. The fraction of sp³-hybridized carbons (Fsp3) is 0.286. The third-order valence-electron chi connectivity index (χ3n) is 2.33. The second-order valence-electron chi connectivity index (χ2n) is 4.00. The van der Waals surface area contributed by atoms with E-state index >= 15 is 0 Å². The first-order valence-corrected chi connectivity index (χ1v) is 6.56. The van der Waals surface area contributed by atoms with E-state index in [0.717, 1.165) is 24.5 Å². The molecule has 2 rings (SSSR count). The molecule has 20 heavy (non-hydrogen) atoms. The van der Waals surface area contributed by atoms with Crippen LogP contribution >= 0.6 is 0 Å². The first-order valence-electron chi connectivity index (χ1n) is 6.56. The molecule has 2 aromatic rings. The number of nitrogen functional groups attached to an aromatic ring is 2. The lowest BCUT2D eigenvalue weighted by Crippen LogP contribution is -1.97. The van der Waals surface area contributed by atoms with Crippen molar-refractivity contribution in [3.8, 4) is 0 Å². The standard InChI is InChI=1S/2C7H11N3/c2*1-2-9-6-3-4-7(8)10-5-6/h2*3-5,9H,2H2,1H3,(H2,8,10). The van der Waals surface area contributed by atoms with Crippen molar-refractivity contribution in [2.45, 2.75) is 13.8 Å². The van der Waals surface area contributed by atoms with Crippen LogP contribution < -0.4 is 22.1 Å². The molecule has 0 atom stereocenters. The molecule has 0 saturated carbocycles. The summed E-state index contributed by atoms with van der Waals surface area (Å²) in [4.78, 5) is 7.83. The highest BCUT2D eigenvalue weighted by atomic mass is 14.9. The number of hydrogen-bond acceptors (Lipinski definition) is 6. The maximum absolute atomic E-state index is 5.38. The van der Waals surface area contributed by atoms with Crippen molar-refractivity contribution < 1.29 is 0 Å². The Morgan fingerprint density at radius 3 is 1.45 bits per heavy atom. The van der Waals surface area contributed by atoms with Crippen molar-refractivity contribution in [1.29, 1.82) is 0 Å². The van der Waals surface area contributed by atoms with Gasteiger partial charge in [-0.3, -0.25) is 0 Å². The van der Waals surface area contributed by atoms with Crippen LogP contribution in [0.2, 0.25) is 0 Å². The van der Waals surface area contributed by atoms with Gasteiger partial charge in [-0.1, -0.05) is 0 Å². The molecule has 6 nitrogen and oxygen atoms in total. The summed E-state index contributed by atoms with van der Waals surface area (Å²) in [5.41, 5.74) is 12.8. The predicted molar refractivity (Wildman–Crippen MR) is 85.6 cm³/mol. The Labute approximate surface area is 119 Å². The fourth-order valence-corrected chi connectivity index (χ4v) is 1.43. The highest BCUT2D eigenvalue weighted by molar-refractivity contribution is 5.45. The number of nitrogens with two attached hydrogens (primary N) is 2. The summed E-state index contributed by atoms with van der Waals surface area (Å²) in [6.45, 7) is 5.89. The van der Waals surface area contributed by atoms with E-state index < -0.39 is 0 Å². The zero-order valence-electron chi connectivity index (χ0n) is 11.9. The second-order valence-corrected chi connectivity index (χ2v) is 4.00. The Kier molecular flexibility index (Phi) is 6.67. The van der Waals surface area contributed by atoms with Crippen LogP contribution in [-0.2, 0) is 0 Å². The van der Waals surface area contributed by atoms with Crippen LogP contribution in [-0.4, -0.2) is 23.1 Å². The quantitative estimate of drug-likeness (QED) is 0.681. The van der Waals surface area contributed by atoms with E-state index in [4.69, 9.17) is 11.5 Å². The molecule has 0 fully saturated rings. The van der Waals surface area contributed by atoms with E-state index in [9.17, 15) is 0 Å². The third-order valence-corrected chi connectivity index (χ3v) is 2.33. The zero-order chi connectivity index (χ0) is 14.8. The SMILES string of the molecule is CCNc1ccc(N)nc1.CCNc1ccc(N)nc1. The van der Waals surface area contributed by atoms with Crippen LogP contribution in [0.1, 0.15) is 13.8 Å². The summed E-state index contributed by atoms with van der Waals surface area (Å²) in [5.74, 6) is 1.11. The summed E-state index contributed by atoms with van der Waals surface area (Å²) in [6.07, 6.45) is 3.44. The van der Waals surface area contributed by atoms with Crippen molar-refractivity contribution in [1.82, 2.24) is 9.97 Å². The number of rotatable bonds is 4. The average molecular weight is 274 g/mol. The Balaban J connectivity index is 0.000000200. The van der Waals surface area contributed by atoms with E-state index in [2.05, 4.69) is 20.6 Å². The van der Waals surface area contributed by atoms with Crippen LogP contribution in [0.25, 0.3) is 0 Å². The maximum Gasteiger partial charge on any atom is 0.123 e. The number of anilines is 4. The van der Waals surface area contributed by atoms with Gasteiger partial charge < -0.3 is 22.1 Å². The van der Waals surface area contributed by atoms with Gasteiger partial charge in [-0.05, 0) is 38.1 Å². The molecule has 0 amide bonds. The van der Waals surface area contributed by atoms with Crippen molar-refractivity contribution in [2.24, 2.45) is 0 Å². The first kappa shape index (κ1) is 15.6. The van der Waals surface area contributed by atoms with E-state index in [1.165, 1.54) is 0 Å². The molecule has 2 heterocycles. The Hall–Kier alpha value is -2.50. The van der Waals surface area contributed by atoms with Gasteiger partial charge >= 0.3 is 0 Å². The van der Waals surface area contributed by atoms with Gasteiger partial charge in [0.25, 0.3) is 0 Å². The molecule has 2 aromatic heterocycles. The lowest BCUT2D eigenvalue weighted by atomic mass is 10.4. The van der Waals surface area contributed by atoms with Gasteiger partial charge in [0.1, 0.15) is 11.6 Å². The molecule has 0 aliphatic rings. The smallest absolute Gasteiger partial charge is 0.123 e.